The molecule has 7 aromatic carbocycles. The Morgan fingerprint density at radius 2 is 0.525 bits per heavy atom. The minimum absolute atomic E-state index is 0.0264. The minimum atomic E-state index is -0.532. The number of methoxy groups -OCH3 is 2. The Balaban J connectivity index is 0.000000311. The fraction of sp³-hybridized carbons (Fsp3) is 0.422. The molecule has 6 unspecified atom stereocenters. The summed E-state index contributed by atoms with van der Waals surface area (Å²) in [4.78, 5) is 69.9. The van der Waals surface area contributed by atoms with Crippen LogP contribution in [0.25, 0.3) is 0 Å². The summed E-state index contributed by atoms with van der Waals surface area (Å²) in [5.41, 5.74) is 7.25. The summed E-state index contributed by atoms with van der Waals surface area (Å²) in [5.74, 6) is 1.96. The Kier molecular flexibility index (Phi) is 32.6. The monoisotopic (exact) mass is 1390 g/mol. The summed E-state index contributed by atoms with van der Waals surface area (Å²) in [6.45, 7) is 32.7. The molecule has 7 aromatic rings. The van der Waals surface area contributed by atoms with Gasteiger partial charge in [-0.1, -0.05) is 127 Å². The van der Waals surface area contributed by atoms with Crippen molar-refractivity contribution in [2.24, 2.45) is 0 Å². The molecule has 0 aliphatic heterocycles. The second-order valence-corrected chi connectivity index (χ2v) is 27.3. The van der Waals surface area contributed by atoms with E-state index in [1.807, 2.05) is 142 Å². The lowest BCUT2D eigenvalue weighted by Gasteiger charge is -2.26. The van der Waals surface area contributed by atoms with Crippen LogP contribution < -0.4 is 28.4 Å². The maximum atomic E-state index is 12.8. The fourth-order valence-corrected chi connectivity index (χ4v) is 9.63. The number of hydrogen-bond acceptors (Lipinski definition) is 18. The van der Waals surface area contributed by atoms with Crippen LogP contribution in [0.15, 0.2) is 170 Å². The zero-order chi connectivity index (χ0) is 74.5. The van der Waals surface area contributed by atoms with Crippen molar-refractivity contribution in [1.82, 2.24) is 0 Å². The van der Waals surface area contributed by atoms with E-state index in [1.54, 1.807) is 66.2 Å². The van der Waals surface area contributed by atoms with Crippen molar-refractivity contribution in [3.05, 3.63) is 214 Å². The summed E-state index contributed by atoms with van der Waals surface area (Å²) in [6.07, 6.45) is -2.12. The van der Waals surface area contributed by atoms with Gasteiger partial charge < -0.3 is 56.8 Å². The number of ether oxygens (including phenoxy) is 12. The highest BCUT2D eigenvalue weighted by Gasteiger charge is 2.26. The molecule has 0 aliphatic rings. The molecule has 6 atom stereocenters. The smallest absolute Gasteiger partial charge is 0.338 e. The maximum Gasteiger partial charge on any atom is 0.338 e. The Labute approximate surface area is 597 Å². The second kappa shape index (κ2) is 40.1. The maximum absolute atomic E-state index is 12.8. The van der Waals surface area contributed by atoms with Crippen molar-refractivity contribution in [3.8, 4) is 34.5 Å². The molecule has 7 rings (SSSR count). The summed E-state index contributed by atoms with van der Waals surface area (Å²) >= 11 is 0. The topological polar surface area (TPSA) is 213 Å². The van der Waals surface area contributed by atoms with Gasteiger partial charge in [0.1, 0.15) is 123 Å². The highest BCUT2D eigenvalue weighted by atomic mass is 16.6. The number of carbonyl (C=O) groups excluding carboxylic acids is 6. The third kappa shape index (κ3) is 28.9. The predicted molar refractivity (Wildman–Crippen MR) is 390 cm³/mol. The molecule has 0 saturated heterocycles. The summed E-state index contributed by atoms with van der Waals surface area (Å²) in [7, 11) is 3.34. The number of benzene rings is 7. The van der Waals surface area contributed by atoms with E-state index in [4.69, 9.17) is 56.8 Å². The van der Waals surface area contributed by atoms with E-state index < -0.39 is 42.2 Å². The number of ketones is 2. The summed E-state index contributed by atoms with van der Waals surface area (Å²) < 4.78 is 66.3. The molecule has 0 N–H and O–H groups in total. The van der Waals surface area contributed by atoms with Crippen LogP contribution in [0.3, 0.4) is 0 Å². The molecule has 0 radical (unpaired) electrons. The Morgan fingerprint density at radius 1 is 0.307 bits per heavy atom. The van der Waals surface area contributed by atoms with E-state index >= 15 is 0 Å². The highest BCUT2D eigenvalue weighted by Crippen LogP contribution is 2.35. The number of esters is 4. The molecule has 0 fully saturated rings. The van der Waals surface area contributed by atoms with E-state index in [1.165, 1.54) is 25.0 Å². The van der Waals surface area contributed by atoms with Gasteiger partial charge >= 0.3 is 23.9 Å². The first kappa shape index (κ1) is 82.1. The molecule has 0 aliphatic carbocycles. The standard InChI is InChI=1S/C43H52O8.C26H34O6.C14H18O4/c1-29(46-9)26-47-38-22-16-35(17-23-38)43(7,8)36-18-24-39(25-19-36)49-28-31(3)51-41(45)33-12-10-32(11-13-33)40(44)50-30(2)27-48-37-20-14-34(15-21-37)42(4,5)6;1-18(27)15-25(28)32-20(3)17-31-24-13-9-22(10-14-24)26(4,5)21-7-11-23(12-8-21)30-16-19(2)29-6;1-10-4-6-13(7-5-10)17-9-12(3)18-14(16)8-11(2)15/h10-25,29-31H,26-28H2,1-9H3;7-14,19-20H,15-17H2,1-6H3;4-7,12H,8-9H2,1-3H3. The van der Waals surface area contributed by atoms with Gasteiger partial charge in [0.25, 0.3) is 0 Å². The van der Waals surface area contributed by atoms with E-state index in [0.717, 1.165) is 39.5 Å². The van der Waals surface area contributed by atoms with Crippen molar-refractivity contribution in [2.75, 3.05) is 53.9 Å². The number of aryl methyl sites for hydroxylation is 1. The van der Waals surface area contributed by atoms with Crippen LogP contribution in [0.1, 0.15) is 171 Å². The average Bonchev–Trinajstić information content (AvgIpc) is 0.840. The molecule has 18 nitrogen and oxygen atoms in total. The molecular weight excluding hydrogens is 1280 g/mol. The largest absolute Gasteiger partial charge is 0.491 e. The highest BCUT2D eigenvalue weighted by molar-refractivity contribution is 5.95. The van der Waals surface area contributed by atoms with Crippen LogP contribution in [0.5, 0.6) is 34.5 Å². The minimum Gasteiger partial charge on any atom is -0.491 e. The van der Waals surface area contributed by atoms with Crippen LogP contribution >= 0.6 is 0 Å². The first-order valence-electron chi connectivity index (χ1n) is 34.1. The van der Waals surface area contributed by atoms with E-state index in [-0.39, 0.29) is 85.4 Å². The molecule has 544 valence electrons. The Hall–Kier alpha value is -9.52. The molecule has 0 saturated carbocycles. The molecule has 0 bridgehead atoms. The third-order valence-electron chi connectivity index (χ3n) is 16.2. The van der Waals surface area contributed by atoms with Crippen LogP contribution in [0, 0.1) is 6.92 Å². The van der Waals surface area contributed by atoms with Crippen LogP contribution in [-0.2, 0) is 63.8 Å². The zero-order valence-electron chi connectivity index (χ0n) is 62.1. The van der Waals surface area contributed by atoms with E-state index in [0.29, 0.717) is 41.6 Å². The van der Waals surface area contributed by atoms with Crippen molar-refractivity contribution >= 4 is 35.4 Å². The molecular formula is C83H104O18. The number of carbonyl (C=O) groups is 6. The van der Waals surface area contributed by atoms with Crippen molar-refractivity contribution in [2.45, 2.75) is 176 Å². The predicted octanol–water partition coefficient (Wildman–Crippen LogP) is 16.0. The molecule has 18 heteroatoms. The average molecular weight is 1390 g/mol. The SMILES string of the molecule is CC(=O)CC(=O)OC(C)COc1ccc(C)cc1.COC(C)COc1ccc(C(C)(C)c2ccc(OCC(C)OC(=O)CC(C)=O)cc2)cc1.COC(C)COc1ccc(C(C)(C)c2ccc(OCC(C)OC(=O)c3ccc(C(=O)OC(C)COc4ccc(C(C)(C)C)cc4)cc3)cc2)cc1. The molecule has 0 heterocycles. The van der Waals surface area contributed by atoms with Crippen molar-refractivity contribution < 1.29 is 85.6 Å². The molecule has 0 aromatic heterocycles. The zero-order valence-corrected chi connectivity index (χ0v) is 62.1. The van der Waals surface area contributed by atoms with Crippen LogP contribution in [-0.4, -0.2) is 126 Å². The van der Waals surface area contributed by atoms with E-state index in [9.17, 15) is 28.8 Å². The lowest BCUT2D eigenvalue weighted by molar-refractivity contribution is -0.152. The number of rotatable bonds is 34. The van der Waals surface area contributed by atoms with Crippen molar-refractivity contribution in [3.63, 3.8) is 0 Å². The van der Waals surface area contributed by atoms with Gasteiger partial charge in [-0.2, -0.15) is 0 Å². The van der Waals surface area contributed by atoms with Gasteiger partial charge in [0.15, 0.2) is 0 Å². The third-order valence-corrected chi connectivity index (χ3v) is 16.2. The summed E-state index contributed by atoms with van der Waals surface area (Å²) in [5, 5.41) is 0. The van der Waals surface area contributed by atoms with Crippen LogP contribution in [0.2, 0.25) is 0 Å². The quantitative estimate of drug-likeness (QED) is 0.0208. The van der Waals surface area contributed by atoms with Gasteiger partial charge in [0.05, 0.1) is 23.3 Å². The van der Waals surface area contributed by atoms with Gasteiger partial charge in [-0.3, -0.25) is 19.2 Å². The Morgan fingerprint density at radius 3 is 0.752 bits per heavy atom. The van der Waals surface area contributed by atoms with E-state index in [2.05, 4.69) is 72.7 Å². The summed E-state index contributed by atoms with van der Waals surface area (Å²) in [6, 6.07) is 53.8. The lowest BCUT2D eigenvalue weighted by atomic mass is 9.78. The molecule has 101 heavy (non-hydrogen) atoms. The normalized spacial score (nSPS) is 13.0. The van der Waals surface area contributed by atoms with Gasteiger partial charge in [0.2, 0.25) is 0 Å². The van der Waals surface area contributed by atoms with Crippen LogP contribution in [0.4, 0.5) is 0 Å². The van der Waals surface area contributed by atoms with Crippen molar-refractivity contribution in [1.29, 1.82) is 0 Å². The first-order chi connectivity index (χ1) is 47.7. The van der Waals surface area contributed by atoms with Gasteiger partial charge in [0, 0.05) is 25.0 Å². The van der Waals surface area contributed by atoms with Gasteiger partial charge in [-0.25, -0.2) is 9.59 Å². The second-order valence-electron chi connectivity index (χ2n) is 27.3. The lowest BCUT2D eigenvalue weighted by Crippen LogP contribution is -2.23. The molecule has 0 amide bonds. The fourth-order valence-electron chi connectivity index (χ4n) is 9.63. The van der Waals surface area contributed by atoms with Gasteiger partial charge in [-0.05, 0) is 193 Å². The first-order valence-corrected chi connectivity index (χ1v) is 34.1. The Bertz CT molecular complexity index is 3670. The van der Waals surface area contributed by atoms with Gasteiger partial charge in [-0.15, -0.1) is 0 Å². The molecule has 0 spiro atoms. The number of hydrogen-bond donors (Lipinski definition) is 0. The number of Topliss-reactive ketones (excluding diaryl/α,β-unsaturated/α-hetero) is 2.